The van der Waals surface area contributed by atoms with Crippen molar-refractivity contribution in [3.05, 3.63) is 72.3 Å². The van der Waals surface area contributed by atoms with E-state index in [1.807, 2.05) is 24.0 Å². The first-order valence-electron chi connectivity index (χ1n) is 10.0. The largest absolute Gasteiger partial charge is 0.493 e. The third-order valence-electron chi connectivity index (χ3n) is 5.16. The summed E-state index contributed by atoms with van der Waals surface area (Å²) in [5.74, 6) is 0.0845. The molecule has 7 heteroatoms. The molecule has 0 spiro atoms. The number of pyridine rings is 1. The minimum Gasteiger partial charge on any atom is -0.493 e. The van der Waals surface area contributed by atoms with Gasteiger partial charge >= 0.3 is 0 Å². The van der Waals surface area contributed by atoms with E-state index in [0.717, 1.165) is 35.4 Å². The average Bonchev–Trinajstić information content (AvgIpc) is 3.24. The summed E-state index contributed by atoms with van der Waals surface area (Å²) in [4.78, 5) is 27.6. The highest BCUT2D eigenvalue weighted by molar-refractivity contribution is 5.77. The second-order valence-electron chi connectivity index (χ2n) is 7.35. The Morgan fingerprint density at radius 3 is 2.83 bits per heavy atom. The molecule has 154 valence electrons. The summed E-state index contributed by atoms with van der Waals surface area (Å²) in [6.07, 6.45) is 7.08. The van der Waals surface area contributed by atoms with Crippen LogP contribution in [0.3, 0.4) is 0 Å². The van der Waals surface area contributed by atoms with Crippen molar-refractivity contribution >= 4 is 5.91 Å². The number of nitrogens with zero attached hydrogens (tertiary/aromatic N) is 4. The zero-order valence-electron chi connectivity index (χ0n) is 16.8. The maximum Gasteiger partial charge on any atom is 0.226 e. The summed E-state index contributed by atoms with van der Waals surface area (Å²) in [6.45, 7) is 2.85. The first-order chi connectivity index (χ1) is 14.6. The first kappa shape index (κ1) is 19.9. The fourth-order valence-corrected chi connectivity index (χ4v) is 3.81. The Hall–Kier alpha value is -3.35. The summed E-state index contributed by atoms with van der Waals surface area (Å²) < 4.78 is 18.8. The molecule has 1 fully saturated rings. The molecule has 0 N–H and O–H groups in total. The van der Waals surface area contributed by atoms with Crippen LogP contribution in [0.15, 0.2) is 55.1 Å². The topological polar surface area (TPSA) is 68.2 Å². The van der Waals surface area contributed by atoms with Crippen LogP contribution in [0.2, 0.25) is 0 Å². The third kappa shape index (κ3) is 4.62. The molecule has 1 atom stereocenters. The average molecular weight is 406 g/mol. The van der Waals surface area contributed by atoms with Crippen molar-refractivity contribution in [2.24, 2.45) is 0 Å². The van der Waals surface area contributed by atoms with Crippen molar-refractivity contribution in [1.82, 2.24) is 19.9 Å². The van der Waals surface area contributed by atoms with Crippen molar-refractivity contribution in [1.29, 1.82) is 0 Å². The molecule has 0 saturated carbocycles. The van der Waals surface area contributed by atoms with E-state index in [4.69, 9.17) is 9.72 Å². The van der Waals surface area contributed by atoms with E-state index in [9.17, 15) is 9.18 Å². The van der Waals surface area contributed by atoms with Crippen LogP contribution in [0, 0.1) is 12.7 Å². The number of aryl methyl sites for hydroxylation is 1. The van der Waals surface area contributed by atoms with Gasteiger partial charge in [0.25, 0.3) is 0 Å². The Morgan fingerprint density at radius 2 is 2.03 bits per heavy atom. The minimum atomic E-state index is -0.358. The lowest BCUT2D eigenvalue weighted by Gasteiger charge is -2.25. The van der Waals surface area contributed by atoms with Crippen LogP contribution < -0.4 is 4.74 Å². The van der Waals surface area contributed by atoms with Gasteiger partial charge in [0.05, 0.1) is 24.8 Å². The number of rotatable bonds is 6. The van der Waals surface area contributed by atoms with Crippen LogP contribution in [0.5, 0.6) is 5.75 Å². The molecular weight excluding hydrogens is 383 g/mol. The summed E-state index contributed by atoms with van der Waals surface area (Å²) in [5, 5.41) is 0. The number of benzene rings is 1. The monoisotopic (exact) mass is 406 g/mol. The Morgan fingerprint density at radius 1 is 1.20 bits per heavy atom. The highest BCUT2D eigenvalue weighted by atomic mass is 19.1. The number of halogens is 1. The highest BCUT2D eigenvalue weighted by Gasteiger charge is 2.31. The van der Waals surface area contributed by atoms with Gasteiger partial charge in [-0.3, -0.25) is 9.78 Å². The second kappa shape index (κ2) is 8.98. The number of hydrogen-bond acceptors (Lipinski definition) is 5. The standard InChI is InChI=1S/C23H23FN4O2/c1-16-10-17(18-13-25-15-26-14-18)11-21(27-16)22-6-3-8-28(22)23(29)7-9-30-20-5-2-4-19(24)12-20/h2,4-5,10-15,22H,3,6-9H2,1H3/t22-/m0/s1. The number of carbonyl (C=O) groups excluding carboxylic acids is 1. The van der Waals surface area contributed by atoms with Gasteiger partial charge in [0, 0.05) is 36.3 Å². The zero-order chi connectivity index (χ0) is 20.9. The molecule has 3 aromatic rings. The lowest BCUT2D eigenvalue weighted by atomic mass is 10.0. The SMILES string of the molecule is Cc1cc(-c2cncnc2)cc([C@@H]2CCCN2C(=O)CCOc2cccc(F)c2)n1. The number of carbonyl (C=O) groups is 1. The predicted octanol–water partition coefficient (Wildman–Crippen LogP) is 4.12. The van der Waals surface area contributed by atoms with E-state index in [2.05, 4.69) is 9.97 Å². The van der Waals surface area contributed by atoms with Gasteiger partial charge in [-0.25, -0.2) is 14.4 Å². The van der Waals surface area contributed by atoms with E-state index >= 15 is 0 Å². The lowest BCUT2D eigenvalue weighted by molar-refractivity contribution is -0.132. The minimum absolute atomic E-state index is 0.0156. The maximum absolute atomic E-state index is 13.3. The van der Waals surface area contributed by atoms with Gasteiger partial charge < -0.3 is 9.64 Å². The van der Waals surface area contributed by atoms with Crippen LogP contribution in [-0.4, -0.2) is 38.9 Å². The molecule has 0 radical (unpaired) electrons. The Kier molecular flexibility index (Phi) is 5.97. The van der Waals surface area contributed by atoms with Crippen LogP contribution in [0.1, 0.15) is 36.7 Å². The molecule has 4 rings (SSSR count). The van der Waals surface area contributed by atoms with Crippen molar-refractivity contribution in [2.45, 2.75) is 32.2 Å². The van der Waals surface area contributed by atoms with Crippen molar-refractivity contribution in [3.63, 3.8) is 0 Å². The second-order valence-corrected chi connectivity index (χ2v) is 7.35. The van der Waals surface area contributed by atoms with Crippen LogP contribution >= 0.6 is 0 Å². The first-order valence-corrected chi connectivity index (χ1v) is 10.0. The van der Waals surface area contributed by atoms with Gasteiger partial charge in [-0.1, -0.05) is 6.07 Å². The molecule has 1 aliphatic rings. The third-order valence-corrected chi connectivity index (χ3v) is 5.16. The van der Waals surface area contributed by atoms with Crippen LogP contribution in [0.4, 0.5) is 4.39 Å². The number of hydrogen-bond donors (Lipinski definition) is 0. The molecular formula is C23H23FN4O2. The predicted molar refractivity (Wildman–Crippen MR) is 110 cm³/mol. The van der Waals surface area contributed by atoms with Gasteiger partial charge in [-0.2, -0.15) is 0 Å². The molecule has 1 amide bonds. The van der Waals surface area contributed by atoms with Gasteiger partial charge in [0.2, 0.25) is 5.91 Å². The van der Waals surface area contributed by atoms with Gasteiger partial charge in [0.1, 0.15) is 17.9 Å². The Bertz CT molecular complexity index is 1030. The maximum atomic E-state index is 13.3. The number of aromatic nitrogens is 3. The van der Waals surface area contributed by atoms with Gasteiger partial charge in [-0.05, 0) is 49.6 Å². The van der Waals surface area contributed by atoms with E-state index in [0.29, 0.717) is 12.3 Å². The van der Waals surface area contributed by atoms with E-state index in [1.54, 1.807) is 24.5 Å². The fraction of sp³-hybridized carbons (Fsp3) is 0.304. The number of ether oxygens (including phenoxy) is 1. The summed E-state index contributed by atoms with van der Waals surface area (Å²) >= 11 is 0. The summed E-state index contributed by atoms with van der Waals surface area (Å²) in [5.41, 5.74) is 3.68. The molecule has 3 heterocycles. The van der Waals surface area contributed by atoms with E-state index in [-0.39, 0.29) is 30.8 Å². The summed E-state index contributed by atoms with van der Waals surface area (Å²) in [7, 11) is 0. The van der Waals surface area contributed by atoms with Crippen LogP contribution in [-0.2, 0) is 4.79 Å². The van der Waals surface area contributed by atoms with Crippen molar-refractivity contribution in [2.75, 3.05) is 13.2 Å². The molecule has 1 saturated heterocycles. The number of likely N-dealkylation sites (tertiary alicyclic amines) is 1. The summed E-state index contributed by atoms with van der Waals surface area (Å²) in [6, 6.07) is 9.89. The lowest BCUT2D eigenvalue weighted by Crippen LogP contribution is -2.32. The van der Waals surface area contributed by atoms with Crippen molar-refractivity contribution < 1.29 is 13.9 Å². The zero-order valence-corrected chi connectivity index (χ0v) is 16.8. The molecule has 1 aromatic carbocycles. The highest BCUT2D eigenvalue weighted by Crippen LogP contribution is 2.33. The van der Waals surface area contributed by atoms with Crippen LogP contribution in [0.25, 0.3) is 11.1 Å². The normalized spacial score (nSPS) is 15.9. The Labute approximate surface area is 174 Å². The van der Waals surface area contributed by atoms with E-state index in [1.165, 1.54) is 18.5 Å². The molecule has 2 aromatic heterocycles. The van der Waals surface area contributed by atoms with Crippen molar-refractivity contribution in [3.8, 4) is 16.9 Å². The smallest absolute Gasteiger partial charge is 0.226 e. The van der Waals surface area contributed by atoms with Gasteiger partial charge in [-0.15, -0.1) is 0 Å². The molecule has 0 unspecified atom stereocenters. The number of amides is 1. The van der Waals surface area contributed by atoms with Gasteiger partial charge in [0.15, 0.2) is 0 Å². The molecule has 30 heavy (non-hydrogen) atoms. The quantitative estimate of drug-likeness (QED) is 0.616. The molecule has 0 aliphatic carbocycles. The Balaban J connectivity index is 1.45. The molecule has 1 aliphatic heterocycles. The molecule has 0 bridgehead atoms. The fourth-order valence-electron chi connectivity index (χ4n) is 3.81. The molecule has 6 nitrogen and oxygen atoms in total. The van der Waals surface area contributed by atoms with E-state index < -0.39 is 0 Å².